The molecule has 0 amide bonds. The van der Waals surface area contributed by atoms with E-state index in [4.69, 9.17) is 0 Å². The van der Waals surface area contributed by atoms with Crippen molar-refractivity contribution in [3.63, 3.8) is 0 Å². The number of rotatable bonds is 4. The highest BCUT2D eigenvalue weighted by atomic mass is 16.3. The van der Waals surface area contributed by atoms with E-state index in [2.05, 4.69) is 19.9 Å². The van der Waals surface area contributed by atoms with Crippen LogP contribution >= 0.6 is 0 Å². The van der Waals surface area contributed by atoms with Crippen molar-refractivity contribution in [3.05, 3.63) is 16.7 Å². The third-order valence-corrected chi connectivity index (χ3v) is 2.93. The van der Waals surface area contributed by atoms with E-state index in [0.29, 0.717) is 23.0 Å². The van der Waals surface area contributed by atoms with E-state index in [1.807, 2.05) is 0 Å². The van der Waals surface area contributed by atoms with Crippen molar-refractivity contribution in [3.8, 4) is 0 Å². The molecule has 0 aliphatic heterocycles. The Labute approximate surface area is 96.5 Å². The minimum absolute atomic E-state index is 0.157. The third kappa shape index (κ3) is 1.89. The molecule has 0 unspecified atom stereocenters. The molecule has 2 aromatic rings. The van der Waals surface area contributed by atoms with Gasteiger partial charge in [-0.25, -0.2) is 4.98 Å². The van der Waals surface area contributed by atoms with Gasteiger partial charge >= 0.3 is 0 Å². The molecule has 7 heteroatoms. The number of hydrogen-bond donors (Lipinski definition) is 3. The van der Waals surface area contributed by atoms with Crippen molar-refractivity contribution in [2.75, 3.05) is 18.2 Å². The van der Waals surface area contributed by atoms with Gasteiger partial charge in [0, 0.05) is 6.54 Å². The van der Waals surface area contributed by atoms with Crippen LogP contribution in [0.5, 0.6) is 0 Å². The Hall–Kier alpha value is -1.89. The number of hydrogen-bond acceptors (Lipinski definition) is 5. The van der Waals surface area contributed by atoms with Gasteiger partial charge in [0.1, 0.15) is 6.73 Å². The lowest BCUT2D eigenvalue weighted by Gasteiger charge is -2.19. The molecule has 1 fully saturated rings. The van der Waals surface area contributed by atoms with Crippen LogP contribution in [-0.2, 0) is 0 Å². The number of anilines is 1. The fraction of sp³-hybridized carbons (Fsp3) is 0.500. The van der Waals surface area contributed by atoms with Crippen LogP contribution in [0.1, 0.15) is 12.8 Å². The molecule has 1 aliphatic rings. The first kappa shape index (κ1) is 10.3. The Balaban J connectivity index is 1.99. The average molecular weight is 235 g/mol. The molecule has 0 radical (unpaired) electrons. The Morgan fingerprint density at radius 3 is 3.06 bits per heavy atom. The van der Waals surface area contributed by atoms with Gasteiger partial charge in [-0.1, -0.05) is 0 Å². The molecular weight excluding hydrogens is 222 g/mol. The average Bonchev–Trinajstić information content (AvgIpc) is 3.01. The standard InChI is InChI=1S/C10H13N5O2/c16-5-15(3-6-1-2-6)10-13-8-7(9(17)14-10)11-4-12-8/h4,6,16H,1-3,5H2,(H2,11,12,13,14,17). The number of fused-ring (bicyclic) bond motifs is 1. The van der Waals surface area contributed by atoms with Gasteiger partial charge < -0.3 is 15.0 Å². The van der Waals surface area contributed by atoms with Crippen LogP contribution in [0.3, 0.4) is 0 Å². The second-order valence-corrected chi connectivity index (χ2v) is 4.30. The van der Waals surface area contributed by atoms with Crippen LogP contribution < -0.4 is 10.5 Å². The van der Waals surface area contributed by atoms with Gasteiger partial charge in [-0.05, 0) is 18.8 Å². The molecule has 90 valence electrons. The van der Waals surface area contributed by atoms with Gasteiger partial charge in [0.05, 0.1) is 6.33 Å². The van der Waals surface area contributed by atoms with Crippen molar-refractivity contribution in [2.24, 2.45) is 5.92 Å². The van der Waals surface area contributed by atoms with E-state index in [1.165, 1.54) is 19.2 Å². The van der Waals surface area contributed by atoms with Gasteiger partial charge in [0.15, 0.2) is 11.2 Å². The number of aliphatic hydroxyl groups excluding tert-OH is 1. The second-order valence-electron chi connectivity index (χ2n) is 4.30. The molecule has 2 heterocycles. The summed E-state index contributed by atoms with van der Waals surface area (Å²) in [6, 6.07) is 0. The number of aromatic nitrogens is 4. The van der Waals surface area contributed by atoms with Gasteiger partial charge in [-0.15, -0.1) is 0 Å². The summed E-state index contributed by atoms with van der Waals surface area (Å²) < 4.78 is 0. The zero-order valence-electron chi connectivity index (χ0n) is 9.18. The number of H-pyrrole nitrogens is 2. The lowest BCUT2D eigenvalue weighted by atomic mass is 10.4. The maximum absolute atomic E-state index is 11.7. The van der Waals surface area contributed by atoms with Crippen molar-refractivity contribution in [1.82, 2.24) is 19.9 Å². The molecule has 0 atom stereocenters. The SMILES string of the molecule is O=c1[nH]c(N(CO)CC2CC2)nc2nc[nH]c12. The first-order valence-corrected chi connectivity index (χ1v) is 5.57. The lowest BCUT2D eigenvalue weighted by molar-refractivity contribution is 0.286. The molecule has 1 saturated carbocycles. The third-order valence-electron chi connectivity index (χ3n) is 2.93. The molecule has 1 aliphatic carbocycles. The molecular formula is C10H13N5O2. The predicted molar refractivity (Wildman–Crippen MR) is 61.7 cm³/mol. The molecule has 3 N–H and O–H groups in total. The molecule has 0 aromatic carbocycles. The van der Waals surface area contributed by atoms with Crippen LogP contribution in [0.25, 0.3) is 11.2 Å². The maximum atomic E-state index is 11.7. The first-order valence-electron chi connectivity index (χ1n) is 5.57. The summed E-state index contributed by atoms with van der Waals surface area (Å²) in [6.07, 6.45) is 3.78. The second kappa shape index (κ2) is 3.85. The largest absolute Gasteiger partial charge is 0.376 e. The highest BCUT2D eigenvalue weighted by molar-refractivity contribution is 5.69. The van der Waals surface area contributed by atoms with E-state index in [1.54, 1.807) is 4.90 Å². The number of aliphatic hydroxyl groups is 1. The predicted octanol–water partition coefficient (Wildman–Crippen LogP) is -0.188. The summed E-state index contributed by atoms with van der Waals surface area (Å²) in [5.74, 6) is 0.978. The van der Waals surface area contributed by atoms with Crippen LogP contribution in [0.15, 0.2) is 11.1 Å². The van der Waals surface area contributed by atoms with Gasteiger partial charge in [0.25, 0.3) is 5.56 Å². The van der Waals surface area contributed by atoms with Crippen molar-refractivity contribution in [1.29, 1.82) is 0 Å². The molecule has 0 saturated heterocycles. The van der Waals surface area contributed by atoms with Gasteiger partial charge in [0.2, 0.25) is 5.95 Å². The minimum Gasteiger partial charge on any atom is -0.376 e. The Morgan fingerprint density at radius 2 is 2.35 bits per heavy atom. The normalized spacial score (nSPS) is 15.4. The van der Waals surface area contributed by atoms with Crippen molar-refractivity contribution < 1.29 is 5.11 Å². The van der Waals surface area contributed by atoms with Crippen LogP contribution in [0.4, 0.5) is 5.95 Å². The summed E-state index contributed by atoms with van der Waals surface area (Å²) >= 11 is 0. The van der Waals surface area contributed by atoms with E-state index in [0.717, 1.165) is 6.54 Å². The van der Waals surface area contributed by atoms with E-state index in [9.17, 15) is 9.90 Å². The Morgan fingerprint density at radius 1 is 1.53 bits per heavy atom. The molecule has 17 heavy (non-hydrogen) atoms. The van der Waals surface area contributed by atoms with Crippen LogP contribution in [0.2, 0.25) is 0 Å². The highest BCUT2D eigenvalue weighted by Gasteiger charge is 2.25. The zero-order chi connectivity index (χ0) is 11.8. The topological polar surface area (TPSA) is 97.9 Å². The number of imidazole rings is 1. The summed E-state index contributed by atoms with van der Waals surface area (Å²) in [7, 11) is 0. The van der Waals surface area contributed by atoms with Gasteiger partial charge in [-0.2, -0.15) is 4.98 Å². The lowest BCUT2D eigenvalue weighted by Crippen LogP contribution is -2.30. The number of nitrogens with zero attached hydrogens (tertiary/aromatic N) is 3. The molecule has 0 bridgehead atoms. The Bertz CT molecular complexity index is 586. The van der Waals surface area contributed by atoms with E-state index >= 15 is 0 Å². The summed E-state index contributed by atoms with van der Waals surface area (Å²) in [6.45, 7) is 0.560. The van der Waals surface area contributed by atoms with Crippen molar-refractivity contribution >= 4 is 17.1 Å². The first-order chi connectivity index (χ1) is 8.28. The Kier molecular flexibility index (Phi) is 2.32. The molecule has 2 aromatic heterocycles. The molecule has 0 spiro atoms. The fourth-order valence-corrected chi connectivity index (χ4v) is 1.80. The van der Waals surface area contributed by atoms with Gasteiger partial charge in [-0.3, -0.25) is 9.78 Å². The summed E-state index contributed by atoms with van der Waals surface area (Å²) in [5.41, 5.74) is 0.466. The van der Waals surface area contributed by atoms with Crippen LogP contribution in [-0.4, -0.2) is 38.3 Å². The maximum Gasteiger partial charge on any atom is 0.278 e. The zero-order valence-corrected chi connectivity index (χ0v) is 9.18. The monoisotopic (exact) mass is 235 g/mol. The van der Waals surface area contributed by atoms with Crippen molar-refractivity contribution in [2.45, 2.75) is 12.8 Å². The van der Waals surface area contributed by atoms with Crippen LogP contribution in [0, 0.1) is 5.92 Å². The fourth-order valence-electron chi connectivity index (χ4n) is 1.80. The van der Waals surface area contributed by atoms with E-state index in [-0.39, 0.29) is 12.3 Å². The number of aromatic amines is 2. The highest BCUT2D eigenvalue weighted by Crippen LogP contribution is 2.30. The number of nitrogens with one attached hydrogen (secondary N) is 2. The van der Waals surface area contributed by atoms with E-state index < -0.39 is 0 Å². The summed E-state index contributed by atoms with van der Waals surface area (Å²) in [5, 5.41) is 9.31. The quantitative estimate of drug-likeness (QED) is 0.638. The smallest absolute Gasteiger partial charge is 0.278 e. The molecule has 3 rings (SSSR count). The minimum atomic E-state index is -0.267. The summed E-state index contributed by atoms with van der Waals surface area (Å²) in [4.78, 5) is 26.9. The molecule has 7 nitrogen and oxygen atoms in total.